The molecule has 2 aromatic rings. The van der Waals surface area contributed by atoms with Gasteiger partial charge in [-0.2, -0.15) is 5.10 Å². The summed E-state index contributed by atoms with van der Waals surface area (Å²) in [5, 5.41) is 4.07. The molecule has 0 amide bonds. The summed E-state index contributed by atoms with van der Waals surface area (Å²) < 4.78 is 2.67. The highest BCUT2D eigenvalue weighted by molar-refractivity contribution is 9.10. The first-order valence-corrected chi connectivity index (χ1v) is 4.93. The molecule has 2 N–H and O–H groups in total. The van der Waals surface area contributed by atoms with Gasteiger partial charge in [0, 0.05) is 10.7 Å². The monoisotopic (exact) mass is 252 g/mol. The fourth-order valence-corrected chi connectivity index (χ4v) is 1.36. The molecule has 0 fully saturated rings. The summed E-state index contributed by atoms with van der Waals surface area (Å²) in [7, 11) is 0. The second kappa shape index (κ2) is 3.79. The minimum absolute atomic E-state index is 0.603. The number of aromatic nitrogens is 3. The van der Waals surface area contributed by atoms with Gasteiger partial charge in [0.1, 0.15) is 5.82 Å². The van der Waals surface area contributed by atoms with Crippen LogP contribution in [0.3, 0.4) is 0 Å². The summed E-state index contributed by atoms with van der Waals surface area (Å²) in [6.07, 6.45) is 3.43. The number of rotatable bonds is 2. The molecule has 0 atom stereocenters. The summed E-state index contributed by atoms with van der Waals surface area (Å²) in [5.74, 6) is 0.648. The Labute approximate surface area is 89.9 Å². The van der Waals surface area contributed by atoms with Crippen LogP contribution in [0.5, 0.6) is 0 Å². The molecule has 0 aromatic carbocycles. The number of hydrogen-bond acceptors (Lipinski definition) is 3. The van der Waals surface area contributed by atoms with Gasteiger partial charge in [-0.15, -0.1) is 0 Å². The summed E-state index contributed by atoms with van der Waals surface area (Å²) >= 11 is 3.33. The SMILES string of the molecule is Nc1ccnn1Cc1ccc(Br)cn1. The van der Waals surface area contributed by atoms with E-state index >= 15 is 0 Å². The third-order valence-electron chi connectivity index (χ3n) is 1.85. The van der Waals surface area contributed by atoms with Gasteiger partial charge in [-0.25, -0.2) is 4.68 Å². The molecule has 0 radical (unpaired) electrons. The van der Waals surface area contributed by atoms with Crippen molar-refractivity contribution in [3.8, 4) is 0 Å². The minimum atomic E-state index is 0.603. The van der Waals surface area contributed by atoms with E-state index in [-0.39, 0.29) is 0 Å². The van der Waals surface area contributed by atoms with Crippen LogP contribution in [-0.4, -0.2) is 14.8 Å². The maximum absolute atomic E-state index is 5.68. The number of anilines is 1. The van der Waals surface area contributed by atoms with Crippen LogP contribution < -0.4 is 5.73 Å². The van der Waals surface area contributed by atoms with Gasteiger partial charge in [-0.1, -0.05) is 0 Å². The maximum Gasteiger partial charge on any atom is 0.122 e. The zero-order chi connectivity index (χ0) is 9.97. The molecule has 72 valence electrons. The molecular weight excluding hydrogens is 244 g/mol. The minimum Gasteiger partial charge on any atom is -0.384 e. The number of nitrogen functional groups attached to an aromatic ring is 1. The molecule has 0 saturated carbocycles. The smallest absolute Gasteiger partial charge is 0.122 e. The van der Waals surface area contributed by atoms with E-state index in [0.29, 0.717) is 12.4 Å². The van der Waals surface area contributed by atoms with Gasteiger partial charge in [-0.05, 0) is 34.1 Å². The molecule has 4 nitrogen and oxygen atoms in total. The highest BCUT2D eigenvalue weighted by atomic mass is 79.9. The molecule has 0 bridgehead atoms. The van der Waals surface area contributed by atoms with Crippen LogP contribution in [0.25, 0.3) is 0 Å². The van der Waals surface area contributed by atoms with E-state index in [0.717, 1.165) is 10.2 Å². The van der Waals surface area contributed by atoms with Crippen LogP contribution in [0.1, 0.15) is 5.69 Å². The molecule has 0 aliphatic heterocycles. The van der Waals surface area contributed by atoms with E-state index in [4.69, 9.17) is 5.73 Å². The van der Waals surface area contributed by atoms with Crippen molar-refractivity contribution < 1.29 is 0 Å². The Morgan fingerprint density at radius 3 is 2.79 bits per heavy atom. The fourth-order valence-electron chi connectivity index (χ4n) is 1.13. The van der Waals surface area contributed by atoms with Gasteiger partial charge >= 0.3 is 0 Å². The molecule has 0 spiro atoms. The Kier molecular flexibility index (Phi) is 2.49. The lowest BCUT2D eigenvalue weighted by molar-refractivity contribution is 0.682. The topological polar surface area (TPSA) is 56.7 Å². The molecule has 2 heterocycles. The standard InChI is InChI=1S/C9H9BrN4/c10-7-1-2-8(12-5-7)6-14-9(11)3-4-13-14/h1-5H,6,11H2. The van der Waals surface area contributed by atoms with Crippen molar-refractivity contribution in [2.24, 2.45) is 0 Å². The summed E-state index contributed by atoms with van der Waals surface area (Å²) in [4.78, 5) is 4.23. The van der Waals surface area contributed by atoms with Gasteiger partial charge in [0.2, 0.25) is 0 Å². The van der Waals surface area contributed by atoms with E-state index in [1.54, 1.807) is 23.1 Å². The summed E-state index contributed by atoms with van der Waals surface area (Å²) in [6, 6.07) is 5.64. The van der Waals surface area contributed by atoms with Crippen molar-refractivity contribution in [2.75, 3.05) is 5.73 Å². The van der Waals surface area contributed by atoms with Crippen molar-refractivity contribution in [3.05, 3.63) is 40.8 Å². The first-order chi connectivity index (χ1) is 6.75. The van der Waals surface area contributed by atoms with Crippen molar-refractivity contribution in [2.45, 2.75) is 6.54 Å². The molecule has 2 aromatic heterocycles. The van der Waals surface area contributed by atoms with Crippen LogP contribution in [0, 0.1) is 0 Å². The summed E-state index contributed by atoms with van der Waals surface area (Å²) in [5.41, 5.74) is 6.62. The first kappa shape index (κ1) is 9.21. The number of hydrogen-bond donors (Lipinski definition) is 1. The molecule has 0 aliphatic rings. The Morgan fingerprint density at radius 1 is 1.36 bits per heavy atom. The summed E-state index contributed by atoms with van der Waals surface area (Å²) in [6.45, 7) is 0.603. The van der Waals surface area contributed by atoms with Crippen molar-refractivity contribution in [1.29, 1.82) is 0 Å². The highest BCUT2D eigenvalue weighted by Gasteiger charge is 2.00. The van der Waals surface area contributed by atoms with E-state index in [1.165, 1.54) is 0 Å². The lowest BCUT2D eigenvalue weighted by atomic mass is 10.3. The van der Waals surface area contributed by atoms with Gasteiger partial charge in [0.25, 0.3) is 0 Å². The van der Waals surface area contributed by atoms with Crippen molar-refractivity contribution in [1.82, 2.24) is 14.8 Å². The van der Waals surface area contributed by atoms with Crippen LogP contribution in [0.2, 0.25) is 0 Å². The lowest BCUT2D eigenvalue weighted by Gasteiger charge is -2.02. The van der Waals surface area contributed by atoms with Gasteiger partial charge in [-0.3, -0.25) is 4.98 Å². The highest BCUT2D eigenvalue weighted by Crippen LogP contribution is 2.09. The predicted octanol–water partition coefficient (Wildman–Crippen LogP) is 1.67. The van der Waals surface area contributed by atoms with Crippen LogP contribution in [0.15, 0.2) is 35.1 Å². The Morgan fingerprint density at radius 2 is 2.21 bits per heavy atom. The zero-order valence-electron chi connectivity index (χ0n) is 7.39. The van der Waals surface area contributed by atoms with Gasteiger partial charge in [0.05, 0.1) is 18.4 Å². The maximum atomic E-state index is 5.68. The third kappa shape index (κ3) is 1.93. The second-order valence-corrected chi connectivity index (χ2v) is 3.80. The third-order valence-corrected chi connectivity index (χ3v) is 2.32. The second-order valence-electron chi connectivity index (χ2n) is 2.88. The first-order valence-electron chi connectivity index (χ1n) is 4.13. The fraction of sp³-hybridized carbons (Fsp3) is 0.111. The average Bonchev–Trinajstić information content (AvgIpc) is 2.56. The zero-order valence-corrected chi connectivity index (χ0v) is 8.98. The predicted molar refractivity (Wildman–Crippen MR) is 57.7 cm³/mol. The largest absolute Gasteiger partial charge is 0.384 e. The molecule has 0 aliphatic carbocycles. The molecule has 2 rings (SSSR count). The van der Waals surface area contributed by atoms with E-state index < -0.39 is 0 Å². The Bertz CT molecular complexity index is 421. The van der Waals surface area contributed by atoms with Gasteiger partial charge in [0.15, 0.2) is 0 Å². The molecular formula is C9H9BrN4. The van der Waals surface area contributed by atoms with Crippen molar-refractivity contribution in [3.63, 3.8) is 0 Å². The molecule has 0 saturated heterocycles. The quantitative estimate of drug-likeness (QED) is 0.885. The lowest BCUT2D eigenvalue weighted by Crippen LogP contribution is -2.06. The number of nitrogens with two attached hydrogens (primary N) is 1. The molecule has 0 unspecified atom stereocenters. The van der Waals surface area contributed by atoms with Crippen LogP contribution in [-0.2, 0) is 6.54 Å². The Balaban J connectivity index is 2.19. The average molecular weight is 253 g/mol. The van der Waals surface area contributed by atoms with Gasteiger partial charge < -0.3 is 5.73 Å². The van der Waals surface area contributed by atoms with Crippen molar-refractivity contribution >= 4 is 21.7 Å². The van der Waals surface area contributed by atoms with E-state index in [2.05, 4.69) is 26.0 Å². The number of nitrogens with zero attached hydrogens (tertiary/aromatic N) is 3. The molecule has 5 heteroatoms. The van der Waals surface area contributed by atoms with Crippen LogP contribution >= 0.6 is 15.9 Å². The number of halogens is 1. The number of pyridine rings is 1. The van der Waals surface area contributed by atoms with E-state index in [1.807, 2.05) is 12.1 Å². The molecule has 14 heavy (non-hydrogen) atoms. The van der Waals surface area contributed by atoms with E-state index in [9.17, 15) is 0 Å². The Hall–Kier alpha value is -1.36. The van der Waals surface area contributed by atoms with Crippen LogP contribution in [0.4, 0.5) is 5.82 Å². The normalized spacial score (nSPS) is 10.4.